The van der Waals surface area contributed by atoms with E-state index in [0.717, 1.165) is 6.54 Å². The topological polar surface area (TPSA) is 81.2 Å². The monoisotopic (exact) mass is 307 g/mol. The third-order valence-electron chi connectivity index (χ3n) is 4.10. The molecular formula is C14H17N3O3S. The zero-order chi connectivity index (χ0) is 14.9. The van der Waals surface area contributed by atoms with Crippen LogP contribution in [-0.2, 0) is 0 Å². The maximum Gasteiger partial charge on any atom is 0.298 e. The average molecular weight is 307 g/mol. The molecule has 21 heavy (non-hydrogen) atoms. The number of anilines is 1. The fourth-order valence-corrected chi connectivity index (χ4v) is 3.78. The standard InChI is InChI=1S/C14H17N3O3S/c1-21-14(7-2-3-8-14)9-15-13-16-12-10(17(18)19)5-4-6-11(12)20-13/h4-6H,2-3,7-9H2,1H3,(H,15,16). The lowest BCUT2D eigenvalue weighted by Crippen LogP contribution is -2.30. The highest BCUT2D eigenvalue weighted by Crippen LogP contribution is 2.40. The van der Waals surface area contributed by atoms with Crippen molar-refractivity contribution in [1.82, 2.24) is 4.98 Å². The van der Waals surface area contributed by atoms with Gasteiger partial charge in [-0.1, -0.05) is 18.9 Å². The molecule has 0 bridgehead atoms. The molecule has 7 heteroatoms. The maximum absolute atomic E-state index is 11.0. The van der Waals surface area contributed by atoms with Gasteiger partial charge in [0.1, 0.15) is 0 Å². The van der Waals surface area contributed by atoms with Crippen molar-refractivity contribution in [1.29, 1.82) is 0 Å². The van der Waals surface area contributed by atoms with E-state index in [4.69, 9.17) is 4.42 Å². The van der Waals surface area contributed by atoms with Crippen LogP contribution in [0.2, 0.25) is 0 Å². The quantitative estimate of drug-likeness (QED) is 0.668. The Balaban J connectivity index is 1.82. The minimum atomic E-state index is -0.436. The first-order valence-electron chi connectivity index (χ1n) is 6.96. The van der Waals surface area contributed by atoms with Crippen LogP contribution in [0.4, 0.5) is 11.7 Å². The van der Waals surface area contributed by atoms with Crippen LogP contribution < -0.4 is 5.32 Å². The number of benzene rings is 1. The number of thioether (sulfide) groups is 1. The van der Waals surface area contributed by atoms with Gasteiger partial charge < -0.3 is 9.73 Å². The summed E-state index contributed by atoms with van der Waals surface area (Å²) < 4.78 is 5.80. The van der Waals surface area contributed by atoms with Gasteiger partial charge in [-0.15, -0.1) is 0 Å². The molecule has 0 aliphatic heterocycles. The molecule has 1 aliphatic rings. The Hall–Kier alpha value is -1.76. The summed E-state index contributed by atoms with van der Waals surface area (Å²) in [5.41, 5.74) is 0.718. The zero-order valence-corrected chi connectivity index (χ0v) is 12.6. The number of nitrogens with one attached hydrogen (secondary N) is 1. The molecule has 3 rings (SSSR count). The van der Waals surface area contributed by atoms with Gasteiger partial charge >= 0.3 is 0 Å². The van der Waals surface area contributed by atoms with Crippen molar-refractivity contribution in [3.63, 3.8) is 0 Å². The number of fused-ring (bicyclic) bond motifs is 1. The van der Waals surface area contributed by atoms with Gasteiger partial charge in [-0.25, -0.2) is 0 Å². The first kappa shape index (κ1) is 14.2. The largest absolute Gasteiger partial charge is 0.423 e. The van der Waals surface area contributed by atoms with Gasteiger partial charge in [0.2, 0.25) is 0 Å². The second-order valence-electron chi connectivity index (χ2n) is 5.35. The Morgan fingerprint density at radius 1 is 1.48 bits per heavy atom. The number of hydrogen-bond donors (Lipinski definition) is 1. The van der Waals surface area contributed by atoms with Crippen molar-refractivity contribution in [2.45, 2.75) is 30.4 Å². The number of rotatable bonds is 5. The molecule has 0 atom stereocenters. The molecule has 0 amide bonds. The predicted molar refractivity (Wildman–Crippen MR) is 83.9 cm³/mol. The van der Waals surface area contributed by atoms with Crippen molar-refractivity contribution in [3.8, 4) is 0 Å². The van der Waals surface area contributed by atoms with Crippen LogP contribution in [0, 0.1) is 10.1 Å². The fourth-order valence-electron chi connectivity index (χ4n) is 2.87. The van der Waals surface area contributed by atoms with Gasteiger partial charge in [-0.3, -0.25) is 10.1 Å². The first-order valence-corrected chi connectivity index (χ1v) is 8.19. The SMILES string of the molecule is CSC1(CNc2nc3c([N+](=O)[O-])cccc3o2)CCCC1. The molecule has 2 aromatic rings. The lowest BCUT2D eigenvalue weighted by molar-refractivity contribution is -0.383. The van der Waals surface area contributed by atoms with Gasteiger partial charge in [0.25, 0.3) is 11.7 Å². The molecule has 1 aromatic carbocycles. The molecule has 112 valence electrons. The van der Waals surface area contributed by atoms with E-state index in [-0.39, 0.29) is 10.4 Å². The molecular weight excluding hydrogens is 290 g/mol. The van der Waals surface area contributed by atoms with E-state index in [9.17, 15) is 10.1 Å². The molecule has 0 saturated heterocycles. The van der Waals surface area contributed by atoms with Gasteiger partial charge in [0, 0.05) is 17.4 Å². The second kappa shape index (κ2) is 5.55. The van der Waals surface area contributed by atoms with Crippen molar-refractivity contribution in [3.05, 3.63) is 28.3 Å². The lowest BCUT2D eigenvalue weighted by Gasteiger charge is -2.26. The number of nitro benzene ring substituents is 1. The van der Waals surface area contributed by atoms with E-state index in [1.807, 2.05) is 11.8 Å². The Kier molecular flexibility index (Phi) is 3.75. The number of aromatic nitrogens is 1. The Labute approximate surface area is 126 Å². The Morgan fingerprint density at radius 3 is 2.90 bits per heavy atom. The molecule has 1 fully saturated rings. The van der Waals surface area contributed by atoms with Crippen molar-refractivity contribution in [2.75, 3.05) is 18.1 Å². The van der Waals surface area contributed by atoms with Crippen LogP contribution in [0.3, 0.4) is 0 Å². The highest BCUT2D eigenvalue weighted by Gasteiger charge is 2.33. The number of nitro groups is 1. The summed E-state index contributed by atoms with van der Waals surface area (Å²) in [6, 6.07) is 5.10. The number of para-hydroxylation sites is 1. The lowest BCUT2D eigenvalue weighted by atomic mass is 10.1. The summed E-state index contributed by atoms with van der Waals surface area (Å²) in [6.45, 7) is 0.773. The van der Waals surface area contributed by atoms with Crippen molar-refractivity contribution < 1.29 is 9.34 Å². The molecule has 0 spiro atoms. The van der Waals surface area contributed by atoms with Gasteiger partial charge in [-0.05, 0) is 25.2 Å². The van der Waals surface area contributed by atoms with Crippen LogP contribution >= 0.6 is 11.8 Å². The number of nitrogens with zero attached hydrogens (tertiary/aromatic N) is 2. The summed E-state index contributed by atoms with van der Waals surface area (Å²) >= 11 is 1.87. The number of non-ortho nitro benzene ring substituents is 1. The predicted octanol–water partition coefficient (Wildman–Crippen LogP) is 3.82. The molecule has 6 nitrogen and oxygen atoms in total. The molecule has 1 saturated carbocycles. The van der Waals surface area contributed by atoms with Crippen LogP contribution in [0.5, 0.6) is 0 Å². The van der Waals surface area contributed by atoms with Crippen LogP contribution in [-0.4, -0.2) is 27.5 Å². The maximum atomic E-state index is 11.0. The van der Waals surface area contributed by atoms with E-state index in [1.54, 1.807) is 12.1 Å². The van der Waals surface area contributed by atoms with Crippen molar-refractivity contribution in [2.24, 2.45) is 0 Å². The summed E-state index contributed by atoms with van der Waals surface area (Å²) in [6.07, 6.45) is 7.00. The van der Waals surface area contributed by atoms with E-state index in [2.05, 4.69) is 16.6 Å². The van der Waals surface area contributed by atoms with E-state index in [0.29, 0.717) is 17.1 Å². The number of oxazole rings is 1. The van der Waals surface area contributed by atoms with Crippen LogP contribution in [0.15, 0.2) is 22.6 Å². The molecule has 0 unspecified atom stereocenters. The molecule has 1 aromatic heterocycles. The molecule has 0 radical (unpaired) electrons. The van der Waals surface area contributed by atoms with Gasteiger partial charge in [0.05, 0.1) is 4.92 Å². The summed E-state index contributed by atoms with van der Waals surface area (Å²) in [4.78, 5) is 14.8. The van der Waals surface area contributed by atoms with Gasteiger partial charge in [-0.2, -0.15) is 16.7 Å². The third-order valence-corrected chi connectivity index (χ3v) is 5.52. The molecule has 1 aliphatic carbocycles. The Morgan fingerprint density at radius 2 is 2.24 bits per heavy atom. The minimum Gasteiger partial charge on any atom is -0.423 e. The summed E-state index contributed by atoms with van der Waals surface area (Å²) in [5, 5.41) is 14.2. The zero-order valence-electron chi connectivity index (χ0n) is 11.8. The van der Waals surface area contributed by atoms with E-state index < -0.39 is 4.92 Å². The van der Waals surface area contributed by atoms with Gasteiger partial charge in [0.15, 0.2) is 11.1 Å². The molecule has 1 heterocycles. The highest BCUT2D eigenvalue weighted by atomic mass is 32.2. The molecule has 1 N–H and O–H groups in total. The van der Waals surface area contributed by atoms with E-state index >= 15 is 0 Å². The third kappa shape index (κ3) is 2.70. The first-order chi connectivity index (χ1) is 10.1. The van der Waals surface area contributed by atoms with Crippen LogP contribution in [0.1, 0.15) is 25.7 Å². The minimum absolute atomic E-state index is 0.0234. The van der Waals surface area contributed by atoms with Crippen LogP contribution in [0.25, 0.3) is 11.1 Å². The summed E-state index contributed by atoms with van der Waals surface area (Å²) in [5.74, 6) is 0. The fraction of sp³-hybridized carbons (Fsp3) is 0.500. The smallest absolute Gasteiger partial charge is 0.298 e. The normalized spacial score (nSPS) is 17.2. The van der Waals surface area contributed by atoms with E-state index in [1.165, 1.54) is 31.7 Å². The summed E-state index contributed by atoms with van der Waals surface area (Å²) in [7, 11) is 0. The highest BCUT2D eigenvalue weighted by molar-refractivity contribution is 8.00. The van der Waals surface area contributed by atoms with Crippen molar-refractivity contribution >= 4 is 34.6 Å². The number of hydrogen-bond acceptors (Lipinski definition) is 6. The average Bonchev–Trinajstić information content (AvgIpc) is 3.11. The second-order valence-corrected chi connectivity index (χ2v) is 6.62. The Bertz CT molecular complexity index is 665.